The van der Waals surface area contributed by atoms with Gasteiger partial charge in [0.25, 0.3) is 0 Å². The maximum Gasteiger partial charge on any atom is 0.189 e. The van der Waals surface area contributed by atoms with Crippen LogP contribution < -0.4 is 16.4 Å². The Bertz CT molecular complexity index is 967. The van der Waals surface area contributed by atoms with Gasteiger partial charge in [0.1, 0.15) is 12.0 Å². The number of benzene rings is 1. The van der Waals surface area contributed by atoms with Gasteiger partial charge in [0, 0.05) is 18.9 Å². The molecule has 0 aliphatic rings. The van der Waals surface area contributed by atoms with Gasteiger partial charge in [-0.15, -0.1) is 0 Å². The van der Waals surface area contributed by atoms with Crippen LogP contribution in [0.2, 0.25) is 0 Å². The molecular formula is C17H15N7S. The van der Waals surface area contributed by atoms with Gasteiger partial charge in [-0.1, -0.05) is 29.5 Å². The molecule has 0 saturated heterocycles. The Hall–Kier alpha value is -3.26. The van der Waals surface area contributed by atoms with Crippen molar-refractivity contribution in [2.24, 2.45) is 0 Å². The van der Waals surface area contributed by atoms with Crippen molar-refractivity contribution in [1.82, 2.24) is 19.9 Å². The highest BCUT2D eigenvalue weighted by atomic mass is 32.1. The Morgan fingerprint density at radius 3 is 2.76 bits per heavy atom. The summed E-state index contributed by atoms with van der Waals surface area (Å²) < 4.78 is 1.10. The molecule has 0 atom stereocenters. The Balaban J connectivity index is 1.54. The van der Waals surface area contributed by atoms with Crippen molar-refractivity contribution in [1.29, 1.82) is 0 Å². The molecule has 1 aromatic carbocycles. The number of nitrogens with zero attached hydrogens (tertiary/aromatic N) is 4. The van der Waals surface area contributed by atoms with Gasteiger partial charge in [-0.25, -0.2) is 15.0 Å². The van der Waals surface area contributed by atoms with Gasteiger partial charge in [0.05, 0.1) is 10.2 Å². The molecular weight excluding hydrogens is 334 g/mol. The normalized spacial score (nSPS) is 10.7. The number of nitrogen functional groups attached to an aromatic ring is 1. The summed E-state index contributed by atoms with van der Waals surface area (Å²) in [5.41, 5.74) is 8.64. The first kappa shape index (κ1) is 15.3. The van der Waals surface area contributed by atoms with Crippen LogP contribution in [0, 0.1) is 0 Å². The third-order valence-corrected chi connectivity index (χ3v) is 4.54. The van der Waals surface area contributed by atoms with Crippen LogP contribution in [-0.2, 0) is 6.54 Å². The minimum atomic E-state index is 0.450. The van der Waals surface area contributed by atoms with E-state index >= 15 is 0 Å². The van der Waals surface area contributed by atoms with Gasteiger partial charge in [0.15, 0.2) is 16.8 Å². The fraction of sp³-hybridized carbons (Fsp3) is 0.0588. The van der Waals surface area contributed by atoms with Gasteiger partial charge in [-0.05, 0) is 23.8 Å². The van der Waals surface area contributed by atoms with Gasteiger partial charge in [0.2, 0.25) is 0 Å². The van der Waals surface area contributed by atoms with Crippen LogP contribution in [0.3, 0.4) is 0 Å². The van der Waals surface area contributed by atoms with Crippen LogP contribution in [0.15, 0.2) is 55.1 Å². The average Bonchev–Trinajstić information content (AvgIpc) is 3.06. The van der Waals surface area contributed by atoms with E-state index in [9.17, 15) is 0 Å². The standard InChI is InChI=1S/C17H15N7S/c18-14-15(20-9-11-4-3-7-19-8-11)21-10-22-16(14)24-17-23-12-5-1-2-6-13(12)25-17/h1-8,10H,9,18H2,(H2,20,21,22,23,24). The second-order valence-corrected chi connectivity index (χ2v) is 6.34. The first-order valence-electron chi connectivity index (χ1n) is 7.65. The molecule has 0 saturated carbocycles. The lowest BCUT2D eigenvalue weighted by Gasteiger charge is -2.11. The van der Waals surface area contributed by atoms with Crippen molar-refractivity contribution in [3.05, 3.63) is 60.7 Å². The molecule has 8 heteroatoms. The summed E-state index contributed by atoms with van der Waals surface area (Å²) in [6.07, 6.45) is 5.00. The highest BCUT2D eigenvalue weighted by Crippen LogP contribution is 2.31. The topological polar surface area (TPSA) is 102 Å². The molecule has 3 aromatic heterocycles. The molecule has 124 valence electrons. The molecule has 0 radical (unpaired) electrons. The predicted molar refractivity (Wildman–Crippen MR) is 101 cm³/mol. The number of hydrogen-bond acceptors (Lipinski definition) is 8. The Morgan fingerprint density at radius 1 is 1.04 bits per heavy atom. The predicted octanol–water partition coefficient (Wildman–Crippen LogP) is 3.42. The summed E-state index contributed by atoms with van der Waals surface area (Å²) in [5, 5.41) is 7.13. The number of nitrogens with one attached hydrogen (secondary N) is 2. The third kappa shape index (κ3) is 3.33. The summed E-state index contributed by atoms with van der Waals surface area (Å²) in [5.74, 6) is 1.10. The quantitative estimate of drug-likeness (QED) is 0.507. The van der Waals surface area contributed by atoms with E-state index in [1.807, 2.05) is 36.4 Å². The van der Waals surface area contributed by atoms with Gasteiger partial charge in [-0.2, -0.15) is 0 Å². The molecule has 0 unspecified atom stereocenters. The van der Waals surface area contributed by atoms with Gasteiger partial charge >= 0.3 is 0 Å². The summed E-state index contributed by atoms with van der Waals surface area (Å²) in [6, 6.07) is 11.8. The van der Waals surface area contributed by atoms with E-state index in [1.54, 1.807) is 23.7 Å². The Labute approximate surface area is 148 Å². The second kappa shape index (κ2) is 6.70. The van der Waals surface area contributed by atoms with Crippen LogP contribution in [-0.4, -0.2) is 19.9 Å². The number of anilines is 4. The maximum absolute atomic E-state index is 6.20. The number of para-hydroxylation sites is 1. The van der Waals surface area contributed by atoms with E-state index in [0.29, 0.717) is 23.9 Å². The maximum atomic E-state index is 6.20. The Kier molecular flexibility index (Phi) is 4.09. The van der Waals surface area contributed by atoms with Crippen molar-refractivity contribution in [3.63, 3.8) is 0 Å². The highest BCUT2D eigenvalue weighted by molar-refractivity contribution is 7.22. The van der Waals surface area contributed by atoms with Gasteiger partial charge < -0.3 is 16.4 Å². The number of hydrogen-bond donors (Lipinski definition) is 3. The minimum absolute atomic E-state index is 0.450. The monoisotopic (exact) mass is 349 g/mol. The zero-order valence-corrected chi connectivity index (χ0v) is 14.0. The van der Waals surface area contributed by atoms with Crippen LogP contribution in [0.25, 0.3) is 10.2 Å². The smallest absolute Gasteiger partial charge is 0.189 e. The molecule has 4 aromatic rings. The van der Waals surface area contributed by atoms with E-state index in [0.717, 1.165) is 20.9 Å². The second-order valence-electron chi connectivity index (χ2n) is 5.31. The van der Waals surface area contributed by atoms with Crippen molar-refractivity contribution in [2.45, 2.75) is 6.54 Å². The lowest BCUT2D eigenvalue weighted by molar-refractivity contribution is 1.07. The van der Waals surface area contributed by atoms with E-state index < -0.39 is 0 Å². The van der Waals surface area contributed by atoms with Crippen LogP contribution in [0.5, 0.6) is 0 Å². The Morgan fingerprint density at radius 2 is 1.92 bits per heavy atom. The average molecular weight is 349 g/mol. The molecule has 4 N–H and O–H groups in total. The molecule has 3 heterocycles. The van der Waals surface area contributed by atoms with Crippen molar-refractivity contribution in [3.8, 4) is 0 Å². The van der Waals surface area contributed by atoms with Crippen molar-refractivity contribution in [2.75, 3.05) is 16.4 Å². The molecule has 0 spiro atoms. The molecule has 0 bridgehead atoms. The molecule has 4 rings (SSSR count). The molecule has 0 aliphatic carbocycles. The summed E-state index contributed by atoms with van der Waals surface area (Å²) in [7, 11) is 0. The SMILES string of the molecule is Nc1c(NCc2cccnc2)ncnc1Nc1nc2ccccc2s1. The number of rotatable bonds is 5. The molecule has 25 heavy (non-hydrogen) atoms. The zero-order valence-electron chi connectivity index (χ0n) is 13.2. The number of pyridine rings is 1. The minimum Gasteiger partial charge on any atom is -0.393 e. The molecule has 0 aliphatic heterocycles. The van der Waals surface area contributed by atoms with E-state index in [-0.39, 0.29) is 0 Å². The van der Waals surface area contributed by atoms with E-state index in [1.165, 1.54) is 6.33 Å². The van der Waals surface area contributed by atoms with Crippen LogP contribution in [0.1, 0.15) is 5.56 Å². The highest BCUT2D eigenvalue weighted by Gasteiger charge is 2.10. The largest absolute Gasteiger partial charge is 0.393 e. The van der Waals surface area contributed by atoms with Crippen molar-refractivity contribution < 1.29 is 0 Å². The summed E-state index contributed by atoms with van der Waals surface area (Å²) in [4.78, 5) is 17.1. The fourth-order valence-corrected chi connectivity index (χ4v) is 3.22. The first-order chi connectivity index (χ1) is 12.3. The summed E-state index contributed by atoms with van der Waals surface area (Å²) in [6.45, 7) is 0.579. The van der Waals surface area contributed by atoms with Crippen molar-refractivity contribution >= 4 is 44.0 Å². The fourth-order valence-electron chi connectivity index (χ4n) is 2.35. The van der Waals surface area contributed by atoms with Gasteiger partial charge in [-0.3, -0.25) is 4.98 Å². The van der Waals surface area contributed by atoms with E-state index in [4.69, 9.17) is 5.73 Å². The van der Waals surface area contributed by atoms with Crippen LogP contribution >= 0.6 is 11.3 Å². The number of fused-ring (bicyclic) bond motifs is 1. The number of aromatic nitrogens is 4. The lowest BCUT2D eigenvalue weighted by Crippen LogP contribution is -2.08. The molecule has 0 fully saturated rings. The first-order valence-corrected chi connectivity index (χ1v) is 8.47. The zero-order chi connectivity index (χ0) is 17.1. The molecule has 7 nitrogen and oxygen atoms in total. The third-order valence-electron chi connectivity index (χ3n) is 3.59. The number of nitrogens with two attached hydrogens (primary N) is 1. The van der Waals surface area contributed by atoms with Crippen LogP contribution in [0.4, 0.5) is 22.5 Å². The lowest BCUT2D eigenvalue weighted by atomic mass is 10.3. The number of thiazole rings is 1. The summed E-state index contributed by atoms with van der Waals surface area (Å²) >= 11 is 1.55. The van der Waals surface area contributed by atoms with E-state index in [2.05, 4.69) is 30.6 Å². The molecule has 0 amide bonds.